The number of carbonyl (C=O) groups is 1. The minimum Gasteiger partial charge on any atom is -0.478 e. The van der Waals surface area contributed by atoms with Crippen molar-refractivity contribution >= 4 is 22.6 Å². The summed E-state index contributed by atoms with van der Waals surface area (Å²) in [6, 6.07) is 18.2. The first-order valence-electron chi connectivity index (χ1n) is 10.5. The van der Waals surface area contributed by atoms with Crippen LogP contribution in [0.5, 0.6) is 0 Å². The zero-order valence-electron chi connectivity index (χ0n) is 18.5. The molecule has 3 aromatic carbocycles. The van der Waals surface area contributed by atoms with Gasteiger partial charge in [0.2, 0.25) is 0 Å². The van der Waals surface area contributed by atoms with Gasteiger partial charge in [-0.2, -0.15) is 0 Å². The van der Waals surface area contributed by atoms with Gasteiger partial charge in [-0.05, 0) is 57.5 Å². The Balaban J connectivity index is 1.90. The highest BCUT2D eigenvalue weighted by atomic mass is 16.4. The third-order valence-electron chi connectivity index (χ3n) is 5.67. The van der Waals surface area contributed by atoms with Crippen LogP contribution in [0, 0.1) is 20.8 Å². The molecule has 0 saturated carbocycles. The summed E-state index contributed by atoms with van der Waals surface area (Å²) in [6.07, 6.45) is 0. The summed E-state index contributed by atoms with van der Waals surface area (Å²) in [7, 11) is 0. The van der Waals surface area contributed by atoms with Crippen LogP contribution in [0.2, 0.25) is 0 Å². The first-order valence-corrected chi connectivity index (χ1v) is 10.5. The first-order chi connectivity index (χ1) is 15.3. The highest BCUT2D eigenvalue weighted by molar-refractivity contribution is 5.94. The smallest absolute Gasteiger partial charge is 0.337 e. The molecule has 0 fully saturated rings. The van der Waals surface area contributed by atoms with Crippen molar-refractivity contribution in [2.24, 2.45) is 0 Å². The Bertz CT molecular complexity index is 1400. The molecule has 4 aromatic rings. The largest absolute Gasteiger partial charge is 0.478 e. The minimum atomic E-state index is -1.00. The molecule has 162 valence electrons. The summed E-state index contributed by atoms with van der Waals surface area (Å²) >= 11 is 0. The highest BCUT2D eigenvalue weighted by Crippen LogP contribution is 2.32. The number of hydrogen-bond acceptors (Lipinski definition) is 4. The lowest BCUT2D eigenvalue weighted by atomic mass is 9.98. The molecule has 2 N–H and O–H groups in total. The fourth-order valence-electron chi connectivity index (χ4n) is 4.06. The molecule has 0 spiro atoms. The first kappa shape index (κ1) is 21.4. The van der Waals surface area contributed by atoms with E-state index in [1.807, 2.05) is 57.2 Å². The maximum absolute atomic E-state index is 13.3. The van der Waals surface area contributed by atoms with Gasteiger partial charge in [-0.15, -0.1) is 0 Å². The van der Waals surface area contributed by atoms with Gasteiger partial charge < -0.3 is 14.8 Å². The van der Waals surface area contributed by atoms with E-state index in [9.17, 15) is 14.7 Å². The van der Waals surface area contributed by atoms with Crippen molar-refractivity contribution < 1.29 is 14.3 Å². The summed E-state index contributed by atoms with van der Waals surface area (Å²) < 4.78 is 6.38. The molecule has 0 aliphatic rings. The molecule has 0 aliphatic carbocycles. The molecule has 0 radical (unpaired) electrons. The van der Waals surface area contributed by atoms with Gasteiger partial charge in [-0.3, -0.25) is 4.79 Å². The molecule has 1 heterocycles. The number of anilines is 1. The molecule has 1 unspecified atom stereocenters. The molecule has 1 atom stereocenters. The summed E-state index contributed by atoms with van der Waals surface area (Å²) in [5.74, 6) is -0.451. The van der Waals surface area contributed by atoms with Crippen molar-refractivity contribution in [3.05, 3.63) is 98.7 Å². The molecular weight excluding hydrogens is 402 g/mol. The molecular formula is C27H25NO4. The topological polar surface area (TPSA) is 79.5 Å². The molecule has 0 amide bonds. The molecule has 5 nitrogen and oxygen atoms in total. The normalized spacial score (nSPS) is 12.0. The second-order valence-corrected chi connectivity index (χ2v) is 8.20. The lowest BCUT2D eigenvalue weighted by Gasteiger charge is -2.20. The Labute approximate surface area is 186 Å². The van der Waals surface area contributed by atoms with Crippen LogP contribution in [0.4, 0.5) is 5.69 Å². The van der Waals surface area contributed by atoms with E-state index in [0.717, 1.165) is 22.3 Å². The lowest BCUT2D eigenvalue weighted by molar-refractivity contribution is 0.0698. The predicted octanol–water partition coefficient (Wildman–Crippen LogP) is 6.26. The minimum absolute atomic E-state index is 0.0640. The Morgan fingerprint density at radius 2 is 1.72 bits per heavy atom. The van der Waals surface area contributed by atoms with E-state index in [2.05, 4.69) is 5.32 Å². The number of carboxylic acid groups (broad SMARTS) is 1. The highest BCUT2D eigenvalue weighted by Gasteiger charge is 2.20. The van der Waals surface area contributed by atoms with E-state index in [1.54, 1.807) is 31.2 Å². The monoisotopic (exact) mass is 427 g/mol. The lowest BCUT2D eigenvalue weighted by Crippen LogP contribution is -2.14. The van der Waals surface area contributed by atoms with Crippen molar-refractivity contribution in [1.82, 2.24) is 0 Å². The Kier molecular flexibility index (Phi) is 5.57. The predicted molar refractivity (Wildman–Crippen MR) is 128 cm³/mol. The maximum Gasteiger partial charge on any atom is 0.337 e. The Morgan fingerprint density at radius 3 is 2.44 bits per heavy atom. The van der Waals surface area contributed by atoms with E-state index in [0.29, 0.717) is 28.0 Å². The average Bonchev–Trinajstić information content (AvgIpc) is 2.76. The SMILES string of the molecule is Cc1cccc(-c2oc3c(C(C)Nc4ccccc4C(=O)O)cc(C)cc3c(=O)c2C)c1. The van der Waals surface area contributed by atoms with Gasteiger partial charge in [0.15, 0.2) is 5.43 Å². The number of para-hydroxylation sites is 1. The van der Waals surface area contributed by atoms with E-state index >= 15 is 0 Å². The third kappa shape index (κ3) is 3.89. The van der Waals surface area contributed by atoms with E-state index in [4.69, 9.17) is 4.42 Å². The number of carboxylic acids is 1. The van der Waals surface area contributed by atoms with Crippen molar-refractivity contribution in [2.75, 3.05) is 5.32 Å². The standard InChI is InChI=1S/C27H25NO4/c1-15-8-7-9-19(12-15)25-17(3)24(29)22-14-16(2)13-21(26(22)32-25)18(4)28-23-11-6-5-10-20(23)27(30)31/h5-14,18,28H,1-4H3,(H,30,31). The van der Waals surface area contributed by atoms with Crippen LogP contribution < -0.4 is 10.7 Å². The molecule has 5 heteroatoms. The number of aryl methyl sites for hydroxylation is 2. The van der Waals surface area contributed by atoms with Gasteiger partial charge in [0, 0.05) is 22.4 Å². The van der Waals surface area contributed by atoms with E-state index in [1.165, 1.54) is 0 Å². The number of rotatable bonds is 5. The summed E-state index contributed by atoms with van der Waals surface area (Å²) in [4.78, 5) is 24.9. The van der Waals surface area contributed by atoms with Gasteiger partial charge in [0.1, 0.15) is 11.3 Å². The van der Waals surface area contributed by atoms with Crippen LogP contribution in [0.3, 0.4) is 0 Å². The van der Waals surface area contributed by atoms with Gasteiger partial charge in [0.05, 0.1) is 17.0 Å². The fraction of sp³-hybridized carbons (Fsp3) is 0.185. The van der Waals surface area contributed by atoms with Gasteiger partial charge in [0.25, 0.3) is 0 Å². The van der Waals surface area contributed by atoms with Gasteiger partial charge in [-0.1, -0.05) is 42.0 Å². The molecule has 0 bridgehead atoms. The van der Waals surface area contributed by atoms with Crippen LogP contribution >= 0.6 is 0 Å². The number of aromatic carboxylic acids is 1. The summed E-state index contributed by atoms with van der Waals surface area (Å²) in [5, 5.41) is 13.3. The van der Waals surface area contributed by atoms with Crippen LogP contribution in [0.1, 0.15) is 45.6 Å². The van der Waals surface area contributed by atoms with Crippen molar-refractivity contribution in [3.8, 4) is 11.3 Å². The van der Waals surface area contributed by atoms with Crippen molar-refractivity contribution in [2.45, 2.75) is 33.7 Å². The molecule has 32 heavy (non-hydrogen) atoms. The Morgan fingerprint density at radius 1 is 0.969 bits per heavy atom. The second kappa shape index (κ2) is 8.35. The van der Waals surface area contributed by atoms with Crippen LogP contribution in [-0.2, 0) is 0 Å². The van der Waals surface area contributed by atoms with Crippen molar-refractivity contribution in [3.63, 3.8) is 0 Å². The second-order valence-electron chi connectivity index (χ2n) is 8.20. The maximum atomic E-state index is 13.3. The fourth-order valence-corrected chi connectivity index (χ4v) is 4.06. The number of hydrogen-bond donors (Lipinski definition) is 2. The van der Waals surface area contributed by atoms with Gasteiger partial charge in [-0.25, -0.2) is 4.79 Å². The molecule has 4 rings (SSSR count). The summed E-state index contributed by atoms with van der Waals surface area (Å²) in [6.45, 7) is 7.65. The van der Waals surface area contributed by atoms with Crippen molar-refractivity contribution in [1.29, 1.82) is 0 Å². The molecule has 0 saturated heterocycles. The van der Waals surface area contributed by atoms with Crippen LogP contribution in [0.25, 0.3) is 22.3 Å². The van der Waals surface area contributed by atoms with Gasteiger partial charge >= 0.3 is 5.97 Å². The Hall–Kier alpha value is -3.86. The number of nitrogens with one attached hydrogen (secondary N) is 1. The number of fused-ring (bicyclic) bond motifs is 1. The van der Waals surface area contributed by atoms with E-state index < -0.39 is 5.97 Å². The van der Waals surface area contributed by atoms with Crippen LogP contribution in [-0.4, -0.2) is 11.1 Å². The zero-order chi connectivity index (χ0) is 23.0. The summed E-state index contributed by atoms with van der Waals surface area (Å²) in [5.41, 5.74) is 5.37. The van der Waals surface area contributed by atoms with Crippen LogP contribution in [0.15, 0.2) is 69.9 Å². The number of benzene rings is 3. The quantitative estimate of drug-likeness (QED) is 0.393. The average molecular weight is 428 g/mol. The molecule has 0 aliphatic heterocycles. The third-order valence-corrected chi connectivity index (χ3v) is 5.67. The molecule has 1 aromatic heterocycles. The zero-order valence-corrected chi connectivity index (χ0v) is 18.5. The van der Waals surface area contributed by atoms with E-state index in [-0.39, 0.29) is 17.0 Å².